The van der Waals surface area contributed by atoms with Gasteiger partial charge < -0.3 is 20.4 Å². The Balaban J connectivity index is 0.00000225. The molecule has 1 aromatic carbocycles. The van der Waals surface area contributed by atoms with Crippen LogP contribution in [-0.2, 0) is 11.2 Å². The highest BCUT2D eigenvalue weighted by atomic mass is 79.9. The molecule has 2 amide bonds. The topological polar surface area (TPSA) is 83.4 Å². The van der Waals surface area contributed by atoms with Gasteiger partial charge >= 0.3 is 0 Å². The fourth-order valence-electron chi connectivity index (χ4n) is 2.58. The zero-order valence-electron chi connectivity index (χ0n) is 13.4. The van der Waals surface area contributed by atoms with Gasteiger partial charge in [0.2, 0.25) is 5.91 Å². The van der Waals surface area contributed by atoms with Crippen LogP contribution in [0.3, 0.4) is 0 Å². The highest BCUT2D eigenvalue weighted by Gasteiger charge is 2.16. The Morgan fingerprint density at radius 2 is 1.96 bits per heavy atom. The number of benzene rings is 1. The summed E-state index contributed by atoms with van der Waals surface area (Å²) in [5.41, 5.74) is 1.55. The van der Waals surface area contributed by atoms with Crippen LogP contribution in [0.1, 0.15) is 22.5 Å². The van der Waals surface area contributed by atoms with Gasteiger partial charge in [0, 0.05) is 18.3 Å². The second-order valence-corrected chi connectivity index (χ2v) is 6.47. The van der Waals surface area contributed by atoms with Gasteiger partial charge in [0.1, 0.15) is 0 Å². The number of rotatable bonds is 5. The van der Waals surface area contributed by atoms with Crippen molar-refractivity contribution >= 4 is 45.8 Å². The summed E-state index contributed by atoms with van der Waals surface area (Å²) in [5.74, 6) is -0.0728. The van der Waals surface area contributed by atoms with Crippen LogP contribution in [0.25, 0.3) is 0 Å². The molecule has 1 saturated heterocycles. The number of furan rings is 1. The van der Waals surface area contributed by atoms with Crippen molar-refractivity contribution in [2.75, 3.05) is 18.4 Å². The summed E-state index contributed by atoms with van der Waals surface area (Å²) in [5, 5.41) is 8.98. The van der Waals surface area contributed by atoms with Crippen molar-refractivity contribution in [3.05, 3.63) is 52.4 Å². The second kappa shape index (κ2) is 9.03. The Morgan fingerprint density at radius 1 is 1.20 bits per heavy atom. The van der Waals surface area contributed by atoms with E-state index in [4.69, 9.17) is 4.42 Å². The highest BCUT2D eigenvalue weighted by Crippen LogP contribution is 2.16. The molecular formula is C17H19BrClN3O3. The van der Waals surface area contributed by atoms with Crippen LogP contribution in [0.15, 0.2) is 45.5 Å². The first kappa shape index (κ1) is 19.5. The van der Waals surface area contributed by atoms with Crippen molar-refractivity contribution in [1.82, 2.24) is 10.6 Å². The third-order valence-corrected chi connectivity index (χ3v) is 4.23. The molecule has 8 heteroatoms. The minimum atomic E-state index is -0.320. The molecule has 0 radical (unpaired) electrons. The van der Waals surface area contributed by atoms with Crippen LogP contribution in [0.4, 0.5) is 5.69 Å². The maximum Gasteiger partial charge on any atom is 0.291 e. The lowest BCUT2D eigenvalue weighted by atomic mass is 10.1. The highest BCUT2D eigenvalue weighted by molar-refractivity contribution is 9.10. The smallest absolute Gasteiger partial charge is 0.291 e. The van der Waals surface area contributed by atoms with E-state index in [1.165, 1.54) is 0 Å². The van der Waals surface area contributed by atoms with E-state index in [-0.39, 0.29) is 36.0 Å². The number of hydrogen-bond acceptors (Lipinski definition) is 4. The molecule has 1 aliphatic heterocycles. The van der Waals surface area contributed by atoms with Crippen molar-refractivity contribution in [2.45, 2.75) is 18.9 Å². The number of halogens is 2. The van der Waals surface area contributed by atoms with Crippen LogP contribution in [0, 0.1) is 0 Å². The average molecular weight is 429 g/mol. The fraction of sp³-hybridized carbons (Fsp3) is 0.294. The molecule has 2 heterocycles. The van der Waals surface area contributed by atoms with Gasteiger partial charge in [-0.2, -0.15) is 0 Å². The molecule has 2 aromatic rings. The monoisotopic (exact) mass is 427 g/mol. The SMILES string of the molecule is Cl.O=C(Cc1ccc(NC(=O)c2ccc(Br)o2)cc1)NC1CCNC1. The number of amides is 2. The minimum absolute atomic E-state index is 0. The third-order valence-electron chi connectivity index (χ3n) is 3.80. The molecule has 1 aromatic heterocycles. The van der Waals surface area contributed by atoms with Crippen LogP contribution >= 0.6 is 28.3 Å². The van der Waals surface area contributed by atoms with Gasteiger partial charge in [-0.25, -0.2) is 0 Å². The number of carbonyl (C=O) groups excluding carboxylic acids is 2. The molecule has 0 bridgehead atoms. The summed E-state index contributed by atoms with van der Waals surface area (Å²) in [7, 11) is 0. The second-order valence-electron chi connectivity index (χ2n) is 5.69. The zero-order valence-corrected chi connectivity index (χ0v) is 15.8. The molecule has 1 unspecified atom stereocenters. The summed E-state index contributed by atoms with van der Waals surface area (Å²) in [6.07, 6.45) is 1.30. The lowest BCUT2D eigenvalue weighted by molar-refractivity contribution is -0.121. The summed E-state index contributed by atoms with van der Waals surface area (Å²) in [6.45, 7) is 1.78. The summed E-state index contributed by atoms with van der Waals surface area (Å²) in [6, 6.07) is 10.7. The molecule has 3 N–H and O–H groups in total. The number of carbonyl (C=O) groups is 2. The Labute approximate surface area is 160 Å². The van der Waals surface area contributed by atoms with Crippen molar-refractivity contribution in [3.63, 3.8) is 0 Å². The largest absolute Gasteiger partial charge is 0.444 e. The lowest BCUT2D eigenvalue weighted by Gasteiger charge is -2.11. The first-order valence-electron chi connectivity index (χ1n) is 7.76. The van der Waals surface area contributed by atoms with E-state index in [9.17, 15) is 9.59 Å². The Hall–Kier alpha value is -1.83. The van der Waals surface area contributed by atoms with Crippen molar-refractivity contribution in [3.8, 4) is 0 Å². The van der Waals surface area contributed by atoms with Gasteiger partial charge in [0.05, 0.1) is 6.42 Å². The average Bonchev–Trinajstić information content (AvgIpc) is 3.21. The van der Waals surface area contributed by atoms with Crippen LogP contribution in [0.2, 0.25) is 0 Å². The first-order valence-corrected chi connectivity index (χ1v) is 8.55. The van der Waals surface area contributed by atoms with E-state index in [0.717, 1.165) is 25.1 Å². The maximum absolute atomic E-state index is 12.0. The van der Waals surface area contributed by atoms with E-state index in [2.05, 4.69) is 31.9 Å². The molecule has 0 spiro atoms. The Bertz CT molecular complexity index is 727. The minimum Gasteiger partial charge on any atom is -0.444 e. The van der Waals surface area contributed by atoms with Crippen molar-refractivity contribution in [1.29, 1.82) is 0 Å². The maximum atomic E-state index is 12.0. The van der Waals surface area contributed by atoms with Crippen molar-refractivity contribution in [2.24, 2.45) is 0 Å². The van der Waals surface area contributed by atoms with Gasteiger partial charge in [-0.05, 0) is 58.7 Å². The summed E-state index contributed by atoms with van der Waals surface area (Å²) >= 11 is 3.16. The van der Waals surface area contributed by atoms with Gasteiger partial charge in [0.15, 0.2) is 10.4 Å². The number of nitrogens with one attached hydrogen (secondary N) is 3. The van der Waals surface area contributed by atoms with Crippen LogP contribution in [-0.4, -0.2) is 30.9 Å². The third kappa shape index (κ3) is 5.59. The Kier molecular flexibility index (Phi) is 7.04. The normalized spacial score (nSPS) is 16.1. The molecule has 1 atom stereocenters. The number of hydrogen-bond donors (Lipinski definition) is 3. The van der Waals surface area contributed by atoms with E-state index in [0.29, 0.717) is 16.8 Å². The molecule has 0 saturated carbocycles. The molecule has 3 rings (SSSR count). The first-order chi connectivity index (χ1) is 11.6. The molecule has 25 heavy (non-hydrogen) atoms. The standard InChI is InChI=1S/C17H18BrN3O3.ClH/c18-15-6-5-14(24-15)17(23)21-12-3-1-11(2-4-12)9-16(22)20-13-7-8-19-10-13;/h1-6,13,19H,7-10H2,(H,20,22)(H,21,23);1H. The quantitative estimate of drug-likeness (QED) is 0.684. The molecule has 0 aliphatic carbocycles. The van der Waals surface area contributed by atoms with E-state index in [1.807, 2.05) is 12.1 Å². The molecule has 134 valence electrons. The zero-order chi connectivity index (χ0) is 16.9. The van der Waals surface area contributed by atoms with Crippen LogP contribution in [0.5, 0.6) is 0 Å². The lowest BCUT2D eigenvalue weighted by Crippen LogP contribution is -2.37. The molecule has 1 fully saturated rings. The molecular weight excluding hydrogens is 410 g/mol. The summed E-state index contributed by atoms with van der Waals surface area (Å²) in [4.78, 5) is 24.0. The van der Waals surface area contributed by atoms with E-state index < -0.39 is 0 Å². The fourth-order valence-corrected chi connectivity index (χ4v) is 2.88. The van der Waals surface area contributed by atoms with E-state index >= 15 is 0 Å². The van der Waals surface area contributed by atoms with Crippen molar-refractivity contribution < 1.29 is 14.0 Å². The van der Waals surface area contributed by atoms with Gasteiger partial charge in [-0.3, -0.25) is 9.59 Å². The van der Waals surface area contributed by atoms with Gasteiger partial charge in [-0.1, -0.05) is 12.1 Å². The van der Waals surface area contributed by atoms with Gasteiger partial charge in [-0.15, -0.1) is 12.4 Å². The predicted octanol–water partition coefficient (Wildman–Crippen LogP) is 2.74. The van der Waals surface area contributed by atoms with Crippen LogP contribution < -0.4 is 16.0 Å². The summed E-state index contributed by atoms with van der Waals surface area (Å²) < 4.78 is 5.71. The Morgan fingerprint density at radius 3 is 2.56 bits per heavy atom. The number of anilines is 1. The molecule has 1 aliphatic rings. The van der Waals surface area contributed by atoms with E-state index in [1.54, 1.807) is 24.3 Å². The van der Waals surface area contributed by atoms with Gasteiger partial charge in [0.25, 0.3) is 5.91 Å². The molecule has 6 nitrogen and oxygen atoms in total. The predicted molar refractivity (Wildman–Crippen MR) is 101 cm³/mol.